The van der Waals surface area contributed by atoms with Crippen LogP contribution in [0.3, 0.4) is 0 Å². The summed E-state index contributed by atoms with van der Waals surface area (Å²) in [7, 11) is 0. The van der Waals surface area contributed by atoms with E-state index >= 15 is 0 Å². The Balaban J connectivity index is 1.41. The summed E-state index contributed by atoms with van der Waals surface area (Å²) in [6.45, 7) is 1.15. The molecule has 35 heavy (non-hydrogen) atoms. The van der Waals surface area contributed by atoms with Crippen LogP contribution in [0.4, 0.5) is 31.1 Å². The van der Waals surface area contributed by atoms with Crippen molar-refractivity contribution in [2.45, 2.75) is 50.5 Å². The van der Waals surface area contributed by atoms with Crippen molar-refractivity contribution >= 4 is 22.8 Å². The topological polar surface area (TPSA) is 74.2 Å². The van der Waals surface area contributed by atoms with Crippen LogP contribution in [0.15, 0.2) is 34.2 Å². The Morgan fingerprint density at radius 2 is 1.86 bits per heavy atom. The van der Waals surface area contributed by atoms with Crippen LogP contribution < -0.4 is 5.32 Å². The van der Waals surface area contributed by atoms with E-state index in [-0.39, 0.29) is 29.3 Å². The number of ether oxygens (including phenoxy) is 1. The number of allylic oxidation sites excluding steroid dienone is 1. The van der Waals surface area contributed by atoms with E-state index < -0.39 is 35.8 Å². The molecule has 0 saturated carbocycles. The summed E-state index contributed by atoms with van der Waals surface area (Å²) in [5.41, 5.74) is -2.80. The first kappa shape index (κ1) is 26.0. The van der Waals surface area contributed by atoms with Crippen molar-refractivity contribution < 1.29 is 41.0 Å². The predicted octanol–water partition coefficient (Wildman–Crippen LogP) is 4.78. The molecule has 2 atom stereocenters. The molecule has 0 bridgehead atoms. The van der Waals surface area contributed by atoms with E-state index in [2.05, 4.69) is 10.3 Å². The molecule has 0 aliphatic carbocycles. The molecule has 1 amide bonds. The summed E-state index contributed by atoms with van der Waals surface area (Å²) < 4.78 is 84.1. The molecule has 4 rings (SSSR count). The Kier molecular flexibility index (Phi) is 7.51. The zero-order valence-corrected chi connectivity index (χ0v) is 19.1. The van der Waals surface area contributed by atoms with Gasteiger partial charge in [0.25, 0.3) is 5.24 Å². The Morgan fingerprint density at radius 1 is 1.14 bits per heavy atom. The number of carbonyl (C=O) groups excluding carboxylic acids is 1. The molecule has 3 aliphatic heterocycles. The van der Waals surface area contributed by atoms with Gasteiger partial charge < -0.3 is 15.2 Å². The molecule has 3 heterocycles. The van der Waals surface area contributed by atoms with Crippen LogP contribution in [0.2, 0.25) is 0 Å². The lowest BCUT2D eigenvalue weighted by molar-refractivity contribution is -0.143. The first-order valence-corrected chi connectivity index (χ1v) is 11.8. The zero-order chi connectivity index (χ0) is 25.4. The number of nitrogens with zero attached hydrogens (tertiary/aromatic N) is 2. The second-order valence-electron chi connectivity index (χ2n) is 8.62. The fourth-order valence-corrected chi connectivity index (χ4v) is 5.09. The number of rotatable bonds is 4. The van der Waals surface area contributed by atoms with E-state index in [0.29, 0.717) is 55.8 Å². The SMILES string of the molecule is O=C1NC(=N[C@@H]2CCO[C@H]2O)/C(=C/C2CCN(Cc3ccc(C(F)(F)F)cc3C(F)(F)F)CC2)S1. The van der Waals surface area contributed by atoms with Crippen LogP contribution in [0.25, 0.3) is 0 Å². The number of hydrogen-bond acceptors (Lipinski definition) is 6. The maximum atomic E-state index is 13.4. The first-order valence-electron chi connectivity index (χ1n) is 11.0. The second-order valence-corrected chi connectivity index (χ2v) is 9.64. The highest BCUT2D eigenvalue weighted by Crippen LogP contribution is 2.38. The third-order valence-electron chi connectivity index (χ3n) is 6.14. The molecule has 3 saturated heterocycles. The maximum absolute atomic E-state index is 13.4. The largest absolute Gasteiger partial charge is 0.416 e. The van der Waals surface area contributed by atoms with E-state index in [1.807, 2.05) is 6.08 Å². The van der Waals surface area contributed by atoms with Crippen molar-refractivity contribution in [3.8, 4) is 0 Å². The van der Waals surface area contributed by atoms with Gasteiger partial charge in [-0.05, 0) is 67.7 Å². The molecule has 2 N–H and O–H groups in total. The standard InChI is InChI=1S/C22H23F6N3O3S/c23-21(24,25)14-2-1-13(15(10-14)22(26,27)28)11-31-6-3-12(4-7-31)9-17-18(30-20(33)35-17)29-16-5-8-34-19(16)32/h1-2,9-10,12,16,19,32H,3-8,11H2,(H,29,30,33)/b17-9-/t16-,19-/m1/s1. The average molecular weight is 523 g/mol. The van der Waals surface area contributed by atoms with E-state index in [4.69, 9.17) is 4.74 Å². The molecule has 3 fully saturated rings. The number of benzene rings is 1. The fourth-order valence-electron chi connectivity index (χ4n) is 4.29. The number of carbonyl (C=O) groups is 1. The second kappa shape index (κ2) is 10.1. The van der Waals surface area contributed by atoms with Crippen molar-refractivity contribution in [1.29, 1.82) is 0 Å². The van der Waals surface area contributed by atoms with Crippen LogP contribution in [-0.4, -0.2) is 53.1 Å². The number of nitrogens with one attached hydrogen (secondary N) is 1. The predicted molar refractivity (Wildman–Crippen MR) is 116 cm³/mol. The molecule has 3 aliphatic rings. The minimum atomic E-state index is -4.90. The van der Waals surface area contributed by atoms with Crippen LogP contribution >= 0.6 is 11.8 Å². The van der Waals surface area contributed by atoms with Gasteiger partial charge in [-0.1, -0.05) is 12.1 Å². The van der Waals surface area contributed by atoms with E-state index in [1.165, 1.54) is 0 Å². The van der Waals surface area contributed by atoms with Gasteiger partial charge in [-0.25, -0.2) is 0 Å². The molecule has 0 unspecified atom stereocenters. The lowest BCUT2D eigenvalue weighted by Gasteiger charge is -2.31. The molecule has 6 nitrogen and oxygen atoms in total. The van der Waals surface area contributed by atoms with Crippen molar-refractivity contribution in [2.24, 2.45) is 10.9 Å². The first-order chi connectivity index (χ1) is 16.4. The normalized spacial score (nSPS) is 27.2. The van der Waals surface area contributed by atoms with Crippen molar-refractivity contribution in [3.63, 3.8) is 0 Å². The Bertz CT molecular complexity index is 1020. The molecule has 1 aromatic rings. The molecule has 0 radical (unpaired) electrons. The summed E-state index contributed by atoms with van der Waals surface area (Å²) in [6.07, 6.45) is -7.15. The number of thioether (sulfide) groups is 1. The van der Waals surface area contributed by atoms with Crippen LogP contribution in [0.1, 0.15) is 36.0 Å². The Labute approximate surface area is 201 Å². The van der Waals surface area contributed by atoms with Crippen molar-refractivity contribution in [3.05, 3.63) is 45.9 Å². The quantitative estimate of drug-likeness (QED) is 0.556. The van der Waals surface area contributed by atoms with E-state index in [0.717, 1.165) is 17.8 Å². The minimum absolute atomic E-state index is 0.0473. The molecule has 1 aromatic carbocycles. The number of likely N-dealkylation sites (tertiary alicyclic amines) is 1. The van der Waals surface area contributed by atoms with Crippen molar-refractivity contribution in [1.82, 2.24) is 10.2 Å². The number of piperidine rings is 1. The third-order valence-corrected chi connectivity index (χ3v) is 6.98. The average Bonchev–Trinajstić information content (AvgIpc) is 3.33. The molecule has 0 aromatic heterocycles. The van der Waals surface area contributed by atoms with Crippen LogP contribution in [0, 0.1) is 5.92 Å². The minimum Gasteiger partial charge on any atom is -0.366 e. The number of aliphatic hydroxyl groups excluding tert-OH is 1. The summed E-state index contributed by atoms with van der Waals surface area (Å²) in [5, 5.41) is 12.2. The maximum Gasteiger partial charge on any atom is 0.416 e. The van der Waals surface area contributed by atoms with Gasteiger partial charge in [0.1, 0.15) is 11.9 Å². The van der Waals surface area contributed by atoms with Gasteiger partial charge in [0.05, 0.1) is 22.6 Å². The van der Waals surface area contributed by atoms with Crippen LogP contribution in [-0.2, 0) is 23.6 Å². The molecule has 192 valence electrons. The Hall–Kier alpha value is -2.09. The molecular weight excluding hydrogens is 500 g/mol. The lowest BCUT2D eigenvalue weighted by atomic mass is 9.95. The number of aliphatic imine (C=N–C) groups is 1. The van der Waals surface area contributed by atoms with E-state index in [9.17, 15) is 36.2 Å². The number of alkyl halides is 6. The number of hydrogen-bond donors (Lipinski definition) is 2. The molecular formula is C22H23F6N3O3S. The van der Waals surface area contributed by atoms with Gasteiger partial charge in [0, 0.05) is 6.54 Å². The van der Waals surface area contributed by atoms with Gasteiger partial charge in [-0.3, -0.25) is 14.7 Å². The zero-order valence-electron chi connectivity index (χ0n) is 18.3. The third kappa shape index (κ3) is 6.38. The van der Waals surface area contributed by atoms with Gasteiger partial charge >= 0.3 is 12.4 Å². The number of amidine groups is 1. The lowest BCUT2D eigenvalue weighted by Crippen LogP contribution is -2.33. The van der Waals surface area contributed by atoms with Crippen LogP contribution in [0.5, 0.6) is 0 Å². The van der Waals surface area contributed by atoms with E-state index in [1.54, 1.807) is 4.90 Å². The highest BCUT2D eigenvalue weighted by molar-refractivity contribution is 8.18. The molecule has 13 heteroatoms. The number of halogens is 6. The summed E-state index contributed by atoms with van der Waals surface area (Å²) in [4.78, 5) is 18.7. The van der Waals surface area contributed by atoms with Gasteiger partial charge in [0.2, 0.25) is 0 Å². The number of amides is 1. The summed E-state index contributed by atoms with van der Waals surface area (Å²) in [6, 6.07) is 1.27. The van der Waals surface area contributed by atoms with Gasteiger partial charge in [-0.15, -0.1) is 0 Å². The highest BCUT2D eigenvalue weighted by atomic mass is 32.2. The highest BCUT2D eigenvalue weighted by Gasteiger charge is 2.38. The number of aliphatic hydroxyl groups is 1. The fraction of sp³-hybridized carbons (Fsp3) is 0.545. The van der Waals surface area contributed by atoms with Gasteiger partial charge in [-0.2, -0.15) is 26.3 Å². The summed E-state index contributed by atoms with van der Waals surface area (Å²) >= 11 is 0.991. The summed E-state index contributed by atoms with van der Waals surface area (Å²) in [5.74, 6) is 0.419. The Morgan fingerprint density at radius 3 is 2.46 bits per heavy atom. The monoisotopic (exact) mass is 523 g/mol. The molecule has 0 spiro atoms. The van der Waals surface area contributed by atoms with Crippen molar-refractivity contribution in [2.75, 3.05) is 19.7 Å². The smallest absolute Gasteiger partial charge is 0.366 e. The van der Waals surface area contributed by atoms with Gasteiger partial charge in [0.15, 0.2) is 6.29 Å².